The van der Waals surface area contributed by atoms with E-state index in [1.807, 2.05) is 54.8 Å². The van der Waals surface area contributed by atoms with Crippen molar-refractivity contribution in [1.82, 2.24) is 0 Å². The maximum atomic E-state index is 14.4. The second kappa shape index (κ2) is 19.6. The van der Waals surface area contributed by atoms with Crippen molar-refractivity contribution in [2.75, 3.05) is 13.2 Å². The third kappa shape index (κ3) is 9.59. The summed E-state index contributed by atoms with van der Waals surface area (Å²) in [7, 11) is 0. The molecule has 0 radical (unpaired) electrons. The third-order valence-corrected chi connectivity index (χ3v) is 12.5. The second-order valence-electron chi connectivity index (χ2n) is 16.1. The van der Waals surface area contributed by atoms with Gasteiger partial charge in [0.2, 0.25) is 0 Å². The molecule has 2 atom stereocenters. The first-order valence-electron chi connectivity index (χ1n) is 21.3. The summed E-state index contributed by atoms with van der Waals surface area (Å²) in [4.78, 5) is 0. The number of halogens is 1. The molecule has 5 aromatic carbocycles. The molecule has 1 saturated carbocycles. The Labute approximate surface area is 348 Å². The number of hydrogen-bond donors (Lipinski definition) is 3. The van der Waals surface area contributed by atoms with Crippen LogP contribution in [0.5, 0.6) is 17.2 Å². The van der Waals surface area contributed by atoms with Crippen LogP contribution >= 0.6 is 0 Å². The van der Waals surface area contributed by atoms with E-state index in [2.05, 4.69) is 30.3 Å². The summed E-state index contributed by atoms with van der Waals surface area (Å²) in [6.45, 7) is 1.41. The van der Waals surface area contributed by atoms with Crippen molar-refractivity contribution in [3.8, 4) is 17.2 Å². The number of rotatable bonds is 6. The van der Waals surface area contributed by atoms with E-state index in [4.69, 9.17) is 13.9 Å². The van der Waals surface area contributed by atoms with Crippen LogP contribution < -0.4 is 0 Å². The topological polar surface area (TPSA) is 92.3 Å². The van der Waals surface area contributed by atoms with Gasteiger partial charge < -0.3 is 29.2 Å². The number of hydrogen-bond acceptors (Lipinski definition) is 6. The fraction of sp³-hybridized carbons (Fsp3) is 0.346. The number of phenols is 3. The molecular formula is C52H57FO6. The van der Waals surface area contributed by atoms with Crippen LogP contribution in [-0.4, -0.2) is 28.5 Å². The Kier molecular flexibility index (Phi) is 13.9. The molecule has 2 aliphatic heterocycles. The highest BCUT2D eigenvalue weighted by molar-refractivity contribution is 5.42. The zero-order chi connectivity index (χ0) is 41.0. The first-order valence-corrected chi connectivity index (χ1v) is 21.3. The molecule has 0 amide bonds. The smallest absolute Gasteiger partial charge is 0.129 e. The monoisotopic (exact) mass is 796 g/mol. The zero-order valence-corrected chi connectivity index (χ0v) is 33.9. The van der Waals surface area contributed by atoms with Gasteiger partial charge in [-0.3, -0.25) is 0 Å². The SMILES string of the molecule is Oc1ccc(C2(c3ccccc3)CCCCCO2)cc1.Oc1ccc(C2(c3ccccc3F)CCCCCO2)cc1.Oc1ccc(C2(c3ccoc3)CCCCC2)cc1. The summed E-state index contributed by atoms with van der Waals surface area (Å²) in [5, 5.41) is 28.5. The highest BCUT2D eigenvalue weighted by atomic mass is 19.1. The Morgan fingerprint density at radius 2 is 0.864 bits per heavy atom. The van der Waals surface area contributed by atoms with Crippen LogP contribution in [0.2, 0.25) is 0 Å². The van der Waals surface area contributed by atoms with Crippen LogP contribution in [-0.2, 0) is 26.1 Å². The summed E-state index contributed by atoms with van der Waals surface area (Å²) in [6, 6.07) is 41.4. The average Bonchev–Trinajstić information content (AvgIpc) is 3.56. The molecule has 7 heteroatoms. The van der Waals surface area contributed by atoms with Gasteiger partial charge >= 0.3 is 0 Å². The first kappa shape index (κ1) is 41.8. The average molecular weight is 797 g/mol. The molecule has 0 bridgehead atoms. The lowest BCUT2D eigenvalue weighted by Crippen LogP contribution is -2.31. The largest absolute Gasteiger partial charge is 0.508 e. The fourth-order valence-corrected chi connectivity index (χ4v) is 9.33. The van der Waals surface area contributed by atoms with Crippen molar-refractivity contribution in [2.45, 2.75) is 100 Å². The molecule has 59 heavy (non-hydrogen) atoms. The lowest BCUT2D eigenvalue weighted by atomic mass is 9.66. The Bertz CT molecular complexity index is 2120. The van der Waals surface area contributed by atoms with E-state index in [0.717, 1.165) is 75.5 Å². The second-order valence-corrected chi connectivity index (χ2v) is 16.1. The number of furan rings is 1. The molecule has 6 nitrogen and oxygen atoms in total. The minimum atomic E-state index is -0.754. The van der Waals surface area contributed by atoms with Crippen molar-refractivity contribution in [3.63, 3.8) is 0 Å². The van der Waals surface area contributed by atoms with E-state index in [1.54, 1.807) is 54.8 Å². The molecule has 308 valence electrons. The predicted molar refractivity (Wildman–Crippen MR) is 230 cm³/mol. The van der Waals surface area contributed by atoms with E-state index < -0.39 is 5.60 Å². The summed E-state index contributed by atoms with van der Waals surface area (Å²) in [5.41, 5.74) is 5.33. The van der Waals surface area contributed by atoms with Crippen LogP contribution in [0.15, 0.2) is 150 Å². The number of benzene rings is 5. The van der Waals surface area contributed by atoms with E-state index >= 15 is 0 Å². The van der Waals surface area contributed by atoms with Crippen LogP contribution in [0.1, 0.15) is 117 Å². The molecule has 3 aliphatic rings. The maximum absolute atomic E-state index is 14.4. The minimum absolute atomic E-state index is 0.0823. The molecule has 1 aromatic heterocycles. The van der Waals surface area contributed by atoms with Crippen molar-refractivity contribution < 1.29 is 33.6 Å². The quantitative estimate of drug-likeness (QED) is 0.155. The van der Waals surface area contributed by atoms with Gasteiger partial charge in [0, 0.05) is 29.8 Å². The van der Waals surface area contributed by atoms with Crippen molar-refractivity contribution in [2.24, 2.45) is 0 Å². The predicted octanol–water partition coefficient (Wildman–Crippen LogP) is 12.8. The lowest BCUT2D eigenvalue weighted by Gasteiger charge is -2.37. The lowest BCUT2D eigenvalue weighted by molar-refractivity contribution is -0.0171. The summed E-state index contributed by atoms with van der Waals surface area (Å²) < 4.78 is 32.2. The van der Waals surface area contributed by atoms with E-state index in [1.165, 1.54) is 48.4 Å². The normalized spacial score (nSPS) is 21.6. The molecule has 3 heterocycles. The van der Waals surface area contributed by atoms with Gasteiger partial charge in [-0.05, 0) is 122 Å². The minimum Gasteiger partial charge on any atom is -0.508 e. The van der Waals surface area contributed by atoms with Gasteiger partial charge in [-0.1, -0.05) is 117 Å². The number of ether oxygens (including phenoxy) is 2. The summed E-state index contributed by atoms with van der Waals surface area (Å²) in [6.07, 6.45) is 18.1. The molecule has 2 unspecified atom stereocenters. The Morgan fingerprint density at radius 1 is 0.407 bits per heavy atom. The van der Waals surface area contributed by atoms with Gasteiger partial charge in [0.05, 0.1) is 12.5 Å². The van der Waals surface area contributed by atoms with Crippen LogP contribution in [0.3, 0.4) is 0 Å². The fourth-order valence-electron chi connectivity index (χ4n) is 9.33. The Morgan fingerprint density at radius 3 is 1.42 bits per heavy atom. The Hall–Kier alpha value is -5.37. The standard InChI is InChI=1S/C18H19FO2.C18H20O2.C16H18O2/c19-17-7-3-2-6-16(17)18(12-4-1-5-13-21-18)14-8-10-15(20)11-9-14;19-17-11-9-16(10-12-17)18(13-5-2-6-14-20-18)15-7-3-1-4-8-15;17-15-6-4-13(5-7-15)16(9-2-1-3-10-16)14-8-11-18-12-14/h2-3,6-11,20H,1,4-5,12-13H2;1,3-4,7-12,19H,2,5-6,13-14H2;4-8,11-12,17H,1-3,9-10H2. The molecule has 6 aromatic rings. The molecule has 9 rings (SSSR count). The molecule has 3 N–H and O–H groups in total. The summed E-state index contributed by atoms with van der Waals surface area (Å²) in [5.74, 6) is 0.589. The highest BCUT2D eigenvalue weighted by Crippen LogP contribution is 2.46. The van der Waals surface area contributed by atoms with Gasteiger partial charge in [0.25, 0.3) is 0 Å². The van der Waals surface area contributed by atoms with E-state index in [-0.39, 0.29) is 22.6 Å². The van der Waals surface area contributed by atoms with Crippen LogP contribution in [0, 0.1) is 5.82 Å². The van der Waals surface area contributed by atoms with Gasteiger partial charge in [-0.15, -0.1) is 0 Å². The molecule has 3 fully saturated rings. The molecule has 2 saturated heterocycles. The van der Waals surface area contributed by atoms with E-state index in [0.29, 0.717) is 23.7 Å². The van der Waals surface area contributed by atoms with Crippen LogP contribution in [0.4, 0.5) is 4.39 Å². The van der Waals surface area contributed by atoms with Crippen molar-refractivity contribution in [3.05, 3.63) is 185 Å². The van der Waals surface area contributed by atoms with Crippen LogP contribution in [0.25, 0.3) is 0 Å². The van der Waals surface area contributed by atoms with Gasteiger partial charge in [0.15, 0.2) is 0 Å². The van der Waals surface area contributed by atoms with Crippen molar-refractivity contribution >= 4 is 0 Å². The number of aromatic hydroxyl groups is 3. The third-order valence-electron chi connectivity index (χ3n) is 12.5. The molecular weight excluding hydrogens is 740 g/mol. The van der Waals surface area contributed by atoms with Gasteiger partial charge in [0.1, 0.15) is 34.3 Å². The summed E-state index contributed by atoms with van der Waals surface area (Å²) >= 11 is 0. The highest BCUT2D eigenvalue weighted by Gasteiger charge is 2.39. The first-order chi connectivity index (χ1) is 28.8. The van der Waals surface area contributed by atoms with E-state index in [9.17, 15) is 19.7 Å². The van der Waals surface area contributed by atoms with Gasteiger partial charge in [-0.25, -0.2) is 4.39 Å². The van der Waals surface area contributed by atoms with Gasteiger partial charge in [-0.2, -0.15) is 0 Å². The zero-order valence-electron chi connectivity index (χ0n) is 33.9. The molecule has 1 aliphatic carbocycles. The number of phenolic OH excluding ortho intramolecular Hbond substituents is 3. The van der Waals surface area contributed by atoms with Crippen molar-refractivity contribution in [1.29, 1.82) is 0 Å². The maximum Gasteiger partial charge on any atom is 0.129 e. The Balaban J connectivity index is 0.000000135. The molecule has 0 spiro atoms.